The molecule has 1 nitrogen and oxygen atoms in total. The van der Waals surface area contributed by atoms with Gasteiger partial charge in [0.2, 0.25) is 0 Å². The number of fused-ring (bicyclic) bond motifs is 2. The van der Waals surface area contributed by atoms with E-state index in [1.54, 1.807) is 0 Å². The molecule has 1 saturated heterocycles. The Morgan fingerprint density at radius 3 is 2.39 bits per heavy atom. The Morgan fingerprint density at radius 2 is 1.65 bits per heavy atom. The Kier molecular flexibility index (Phi) is 4.17. The lowest BCUT2D eigenvalue weighted by Gasteiger charge is -2.32. The third kappa shape index (κ3) is 3.18. The molecule has 2 aromatic rings. The lowest BCUT2D eigenvalue weighted by molar-refractivity contribution is 0.563. The highest BCUT2D eigenvalue weighted by atomic mass is 32.2. The Morgan fingerprint density at radius 1 is 0.913 bits per heavy atom. The highest BCUT2D eigenvalue weighted by molar-refractivity contribution is 7.86. The number of hydrogen-bond acceptors (Lipinski definition) is 1. The standard InChI is InChI=1S/C21H22OS/c22-23-20-7-4-8-21(23)15-17(14-20)13-16-9-11-19(12-10-16)18-5-2-1-3-6-18/h1-3,5-6,9-12,14,20-21H,4,7-8,13,15H2. The average molecular weight is 322 g/mol. The second-order valence-electron chi connectivity index (χ2n) is 6.69. The van der Waals surface area contributed by atoms with Gasteiger partial charge >= 0.3 is 0 Å². The zero-order chi connectivity index (χ0) is 15.6. The summed E-state index contributed by atoms with van der Waals surface area (Å²) in [7, 11) is -0.620. The lowest BCUT2D eigenvalue weighted by Crippen LogP contribution is -2.34. The van der Waals surface area contributed by atoms with Gasteiger partial charge in [0.15, 0.2) is 0 Å². The van der Waals surface area contributed by atoms with Gasteiger partial charge < -0.3 is 0 Å². The van der Waals surface area contributed by atoms with E-state index in [1.807, 2.05) is 6.07 Å². The Balaban J connectivity index is 1.50. The summed E-state index contributed by atoms with van der Waals surface area (Å²) in [5.41, 5.74) is 5.39. The van der Waals surface area contributed by atoms with Crippen LogP contribution >= 0.6 is 0 Å². The van der Waals surface area contributed by atoms with Gasteiger partial charge in [-0.15, -0.1) is 0 Å². The smallest absolute Gasteiger partial charge is 0.0533 e. The normalized spacial score (nSPS) is 26.6. The largest absolute Gasteiger partial charge is 0.259 e. The molecule has 2 aliphatic rings. The molecule has 0 amide bonds. The molecule has 118 valence electrons. The maximum absolute atomic E-state index is 12.3. The first-order chi connectivity index (χ1) is 11.3. The van der Waals surface area contributed by atoms with Crippen LogP contribution in [0.3, 0.4) is 0 Å². The van der Waals surface area contributed by atoms with Gasteiger partial charge in [-0.1, -0.05) is 72.7 Å². The molecule has 0 saturated carbocycles. The fraction of sp³-hybridized carbons (Fsp3) is 0.333. The SMILES string of the molecule is O=S1C2C=C(Cc3ccc(-c4ccccc4)cc3)CC1CCC2. The van der Waals surface area contributed by atoms with Gasteiger partial charge in [0.05, 0.1) is 5.25 Å². The highest BCUT2D eigenvalue weighted by Gasteiger charge is 2.32. The van der Waals surface area contributed by atoms with E-state index in [0.29, 0.717) is 10.5 Å². The number of allylic oxidation sites excluding steroid dienone is 1. The second kappa shape index (κ2) is 6.45. The van der Waals surface area contributed by atoms with E-state index in [1.165, 1.54) is 28.7 Å². The minimum Gasteiger partial charge on any atom is -0.259 e. The van der Waals surface area contributed by atoms with Crippen molar-refractivity contribution in [3.8, 4) is 11.1 Å². The Labute approximate surface area is 140 Å². The first kappa shape index (κ1) is 14.9. The minimum absolute atomic E-state index is 0.320. The second-order valence-corrected chi connectivity index (χ2v) is 8.62. The summed E-state index contributed by atoms with van der Waals surface area (Å²) in [5, 5.41) is 0.735. The van der Waals surface area contributed by atoms with E-state index in [9.17, 15) is 4.21 Å². The minimum atomic E-state index is -0.620. The van der Waals surface area contributed by atoms with Crippen LogP contribution in [0.15, 0.2) is 66.2 Å². The summed E-state index contributed by atoms with van der Waals surface area (Å²) in [6.07, 6.45) is 7.86. The molecule has 2 aliphatic heterocycles. The van der Waals surface area contributed by atoms with E-state index in [2.05, 4.69) is 54.6 Å². The highest BCUT2D eigenvalue weighted by Crippen LogP contribution is 2.34. The molecule has 4 rings (SSSR count). The Hall–Kier alpha value is -1.67. The van der Waals surface area contributed by atoms with Crippen molar-refractivity contribution < 1.29 is 4.21 Å². The molecule has 0 N–H and O–H groups in total. The summed E-state index contributed by atoms with van der Waals surface area (Å²) in [4.78, 5) is 0. The fourth-order valence-corrected chi connectivity index (χ4v) is 5.82. The molecular formula is C21H22OS. The predicted octanol–water partition coefficient (Wildman–Crippen LogP) is 4.90. The summed E-state index contributed by atoms with van der Waals surface area (Å²) in [6, 6.07) is 19.4. The average Bonchev–Trinajstić information content (AvgIpc) is 2.57. The van der Waals surface area contributed by atoms with Crippen molar-refractivity contribution in [2.75, 3.05) is 0 Å². The molecule has 23 heavy (non-hydrogen) atoms. The van der Waals surface area contributed by atoms with Crippen LogP contribution in [0.25, 0.3) is 11.1 Å². The van der Waals surface area contributed by atoms with Gasteiger partial charge in [-0.25, -0.2) is 0 Å². The van der Waals surface area contributed by atoms with Crippen molar-refractivity contribution in [3.63, 3.8) is 0 Å². The van der Waals surface area contributed by atoms with Crippen LogP contribution in [0.4, 0.5) is 0 Å². The van der Waals surface area contributed by atoms with E-state index >= 15 is 0 Å². The zero-order valence-corrected chi connectivity index (χ0v) is 14.1. The van der Waals surface area contributed by atoms with Gasteiger partial charge in [-0.3, -0.25) is 4.21 Å². The van der Waals surface area contributed by atoms with Crippen LogP contribution in [-0.4, -0.2) is 14.7 Å². The molecule has 2 heterocycles. The number of hydrogen-bond donors (Lipinski definition) is 0. The molecule has 1 fully saturated rings. The quantitative estimate of drug-likeness (QED) is 0.735. The molecular weight excluding hydrogens is 300 g/mol. The monoisotopic (exact) mass is 322 g/mol. The number of rotatable bonds is 3. The molecule has 2 bridgehead atoms. The summed E-state index contributed by atoms with van der Waals surface area (Å²) in [5.74, 6) is 0. The number of benzene rings is 2. The van der Waals surface area contributed by atoms with Gasteiger partial charge in [0.25, 0.3) is 0 Å². The van der Waals surface area contributed by atoms with Gasteiger partial charge in [-0.05, 0) is 42.4 Å². The van der Waals surface area contributed by atoms with Crippen LogP contribution in [0.2, 0.25) is 0 Å². The molecule has 2 heteroatoms. The van der Waals surface area contributed by atoms with E-state index in [4.69, 9.17) is 0 Å². The first-order valence-electron chi connectivity index (χ1n) is 8.53. The van der Waals surface area contributed by atoms with Crippen LogP contribution in [0.1, 0.15) is 31.2 Å². The van der Waals surface area contributed by atoms with Gasteiger partial charge in [0.1, 0.15) is 0 Å². The van der Waals surface area contributed by atoms with Crippen molar-refractivity contribution in [2.45, 2.75) is 42.6 Å². The molecule has 0 spiro atoms. The van der Waals surface area contributed by atoms with Crippen molar-refractivity contribution >= 4 is 10.8 Å². The van der Waals surface area contributed by atoms with Crippen LogP contribution in [-0.2, 0) is 17.2 Å². The van der Waals surface area contributed by atoms with Crippen molar-refractivity contribution in [1.29, 1.82) is 0 Å². The fourth-order valence-electron chi connectivity index (χ4n) is 3.82. The van der Waals surface area contributed by atoms with Crippen molar-refractivity contribution in [3.05, 3.63) is 71.8 Å². The lowest BCUT2D eigenvalue weighted by atomic mass is 9.93. The predicted molar refractivity (Wildman–Crippen MR) is 97.9 cm³/mol. The molecule has 2 aromatic carbocycles. The van der Waals surface area contributed by atoms with Crippen LogP contribution in [0, 0.1) is 0 Å². The molecule has 0 aliphatic carbocycles. The molecule has 0 radical (unpaired) electrons. The molecule has 3 atom stereocenters. The van der Waals surface area contributed by atoms with Gasteiger partial charge in [-0.2, -0.15) is 0 Å². The summed E-state index contributed by atoms with van der Waals surface area (Å²) < 4.78 is 12.3. The molecule has 3 unspecified atom stereocenters. The van der Waals surface area contributed by atoms with Crippen LogP contribution in [0.5, 0.6) is 0 Å². The first-order valence-corrected chi connectivity index (χ1v) is 9.80. The Bertz CT molecular complexity index is 730. The summed E-state index contributed by atoms with van der Waals surface area (Å²) >= 11 is 0. The zero-order valence-electron chi connectivity index (χ0n) is 13.3. The molecule has 0 aromatic heterocycles. The summed E-state index contributed by atoms with van der Waals surface area (Å²) in [6.45, 7) is 0. The van der Waals surface area contributed by atoms with Gasteiger partial charge in [0, 0.05) is 16.0 Å². The third-order valence-electron chi connectivity index (χ3n) is 5.05. The van der Waals surface area contributed by atoms with Crippen LogP contribution < -0.4 is 0 Å². The van der Waals surface area contributed by atoms with E-state index < -0.39 is 10.8 Å². The van der Waals surface area contributed by atoms with Crippen molar-refractivity contribution in [2.24, 2.45) is 0 Å². The topological polar surface area (TPSA) is 17.1 Å². The third-order valence-corrected chi connectivity index (χ3v) is 7.07. The van der Waals surface area contributed by atoms with E-state index in [-0.39, 0.29) is 0 Å². The maximum Gasteiger partial charge on any atom is 0.0533 e. The van der Waals surface area contributed by atoms with E-state index in [0.717, 1.165) is 25.7 Å². The van der Waals surface area contributed by atoms with Crippen molar-refractivity contribution in [1.82, 2.24) is 0 Å². The maximum atomic E-state index is 12.3.